The number of benzene rings is 1. The van der Waals surface area contributed by atoms with Crippen molar-refractivity contribution in [2.24, 2.45) is 5.41 Å². The van der Waals surface area contributed by atoms with Crippen LogP contribution in [-0.2, 0) is 9.53 Å². The standard InChI is InChI=1S/C19H25N3O4/c1-4-19(5-7-26-8-6-19)12-16(23)22-15-10-13(17(24)20-2)9-14(11-15)18(25)21-3/h4,9-11H,1,5-8,12H2,2-3H3,(H,20,24)(H,21,25)(H,22,23). The van der Waals surface area contributed by atoms with E-state index < -0.39 is 0 Å². The Morgan fingerprint density at radius 1 is 1.08 bits per heavy atom. The fourth-order valence-electron chi connectivity index (χ4n) is 3.01. The molecule has 0 atom stereocenters. The first-order valence-electron chi connectivity index (χ1n) is 8.53. The summed E-state index contributed by atoms with van der Waals surface area (Å²) in [6, 6.07) is 4.58. The third kappa shape index (κ3) is 4.70. The van der Waals surface area contributed by atoms with E-state index >= 15 is 0 Å². The Bertz CT molecular complexity index is 674. The highest BCUT2D eigenvalue weighted by molar-refractivity contribution is 6.02. The van der Waals surface area contributed by atoms with Gasteiger partial charge in [-0.05, 0) is 31.0 Å². The molecule has 0 unspecified atom stereocenters. The number of allylic oxidation sites excluding steroid dienone is 1. The number of anilines is 1. The van der Waals surface area contributed by atoms with Crippen LogP contribution in [-0.4, -0.2) is 45.0 Å². The van der Waals surface area contributed by atoms with E-state index in [4.69, 9.17) is 4.74 Å². The largest absolute Gasteiger partial charge is 0.381 e. The van der Waals surface area contributed by atoms with Gasteiger partial charge in [-0.2, -0.15) is 0 Å². The van der Waals surface area contributed by atoms with Gasteiger partial charge in [-0.25, -0.2) is 0 Å². The Morgan fingerprint density at radius 3 is 2.08 bits per heavy atom. The summed E-state index contributed by atoms with van der Waals surface area (Å²) in [7, 11) is 3.01. The molecule has 1 aromatic carbocycles. The smallest absolute Gasteiger partial charge is 0.251 e. The van der Waals surface area contributed by atoms with Gasteiger partial charge in [-0.1, -0.05) is 6.08 Å². The second kappa shape index (κ2) is 8.62. The van der Waals surface area contributed by atoms with Crippen molar-refractivity contribution in [3.63, 3.8) is 0 Å². The summed E-state index contributed by atoms with van der Waals surface area (Å²) < 4.78 is 5.37. The van der Waals surface area contributed by atoms with Gasteiger partial charge in [0.25, 0.3) is 11.8 Å². The average Bonchev–Trinajstić information content (AvgIpc) is 2.66. The van der Waals surface area contributed by atoms with Gasteiger partial charge in [0.05, 0.1) is 0 Å². The first-order valence-corrected chi connectivity index (χ1v) is 8.53. The van der Waals surface area contributed by atoms with Crippen LogP contribution in [0, 0.1) is 5.41 Å². The highest BCUT2D eigenvalue weighted by Gasteiger charge is 2.32. The molecule has 3 N–H and O–H groups in total. The van der Waals surface area contributed by atoms with E-state index in [1.165, 1.54) is 20.2 Å². The number of amides is 3. The summed E-state index contributed by atoms with van der Waals surface area (Å²) in [5.41, 5.74) is 0.715. The van der Waals surface area contributed by atoms with Gasteiger partial charge in [-0.3, -0.25) is 14.4 Å². The maximum Gasteiger partial charge on any atom is 0.251 e. The van der Waals surface area contributed by atoms with E-state index in [2.05, 4.69) is 22.5 Å². The summed E-state index contributed by atoms with van der Waals surface area (Å²) in [6.45, 7) is 5.08. The predicted molar refractivity (Wildman–Crippen MR) is 99.2 cm³/mol. The molecule has 2 rings (SSSR count). The number of carbonyl (C=O) groups is 3. The van der Waals surface area contributed by atoms with Crippen molar-refractivity contribution >= 4 is 23.4 Å². The van der Waals surface area contributed by atoms with Gasteiger partial charge in [0.15, 0.2) is 0 Å². The van der Waals surface area contributed by atoms with Gasteiger partial charge in [0.1, 0.15) is 0 Å². The molecule has 1 fully saturated rings. The maximum atomic E-state index is 12.5. The molecule has 0 aromatic heterocycles. The highest BCUT2D eigenvalue weighted by atomic mass is 16.5. The number of hydrogen-bond acceptors (Lipinski definition) is 4. The second-order valence-electron chi connectivity index (χ2n) is 6.36. The molecule has 26 heavy (non-hydrogen) atoms. The van der Waals surface area contributed by atoms with E-state index in [1.54, 1.807) is 12.1 Å². The molecule has 0 saturated carbocycles. The zero-order valence-corrected chi connectivity index (χ0v) is 15.2. The number of carbonyl (C=O) groups excluding carboxylic acids is 3. The summed E-state index contributed by atoms with van der Waals surface area (Å²) in [4.78, 5) is 36.4. The monoisotopic (exact) mass is 359 g/mol. The van der Waals surface area contributed by atoms with Gasteiger partial charge in [0, 0.05) is 56.0 Å². The van der Waals surface area contributed by atoms with Gasteiger partial charge in [0.2, 0.25) is 5.91 Å². The highest BCUT2D eigenvalue weighted by Crippen LogP contribution is 2.35. The van der Waals surface area contributed by atoms with Gasteiger partial charge >= 0.3 is 0 Å². The second-order valence-corrected chi connectivity index (χ2v) is 6.36. The molecule has 7 heteroatoms. The third-order valence-electron chi connectivity index (χ3n) is 4.63. The van der Waals surface area contributed by atoms with Crippen molar-refractivity contribution in [3.8, 4) is 0 Å². The Morgan fingerprint density at radius 2 is 1.62 bits per heavy atom. The molecular weight excluding hydrogens is 334 g/mol. The van der Waals surface area contributed by atoms with Crippen LogP contribution in [0.5, 0.6) is 0 Å². The predicted octanol–water partition coefficient (Wildman–Crippen LogP) is 1.72. The maximum absolute atomic E-state index is 12.5. The molecule has 1 aromatic rings. The normalized spacial score (nSPS) is 15.6. The quantitative estimate of drug-likeness (QED) is 0.674. The number of nitrogens with one attached hydrogen (secondary N) is 3. The lowest BCUT2D eigenvalue weighted by molar-refractivity contribution is -0.119. The zero-order chi connectivity index (χ0) is 19.2. The first-order chi connectivity index (χ1) is 12.4. The van der Waals surface area contributed by atoms with Crippen LogP contribution in [0.3, 0.4) is 0 Å². The van der Waals surface area contributed by atoms with Crippen molar-refractivity contribution in [2.75, 3.05) is 32.6 Å². The SMILES string of the molecule is C=CC1(CC(=O)Nc2cc(C(=O)NC)cc(C(=O)NC)c2)CCOCC1. The van der Waals surface area contributed by atoms with Crippen LogP contribution >= 0.6 is 0 Å². The van der Waals surface area contributed by atoms with Crippen molar-refractivity contribution in [1.29, 1.82) is 0 Å². The molecule has 1 aliphatic heterocycles. The molecular formula is C19H25N3O4. The summed E-state index contributed by atoms with van der Waals surface area (Å²) >= 11 is 0. The number of ether oxygens (including phenoxy) is 1. The molecule has 3 amide bonds. The van der Waals surface area contributed by atoms with Crippen LogP contribution in [0.25, 0.3) is 0 Å². The number of rotatable bonds is 6. The fraction of sp³-hybridized carbons (Fsp3) is 0.421. The minimum atomic E-state index is -0.335. The topological polar surface area (TPSA) is 96.5 Å². The molecule has 7 nitrogen and oxygen atoms in total. The Hall–Kier alpha value is -2.67. The van der Waals surface area contributed by atoms with E-state index in [0.29, 0.717) is 30.0 Å². The van der Waals surface area contributed by atoms with E-state index in [9.17, 15) is 14.4 Å². The molecule has 1 aliphatic rings. The lowest BCUT2D eigenvalue weighted by atomic mass is 9.77. The molecule has 0 aliphatic carbocycles. The Kier molecular flexibility index (Phi) is 6.52. The molecule has 0 bridgehead atoms. The lowest BCUT2D eigenvalue weighted by Gasteiger charge is -2.33. The van der Waals surface area contributed by atoms with Gasteiger partial charge in [-0.15, -0.1) is 6.58 Å². The van der Waals surface area contributed by atoms with Gasteiger partial charge < -0.3 is 20.7 Å². The summed E-state index contributed by atoms with van der Waals surface area (Å²) in [5.74, 6) is -0.861. The van der Waals surface area contributed by atoms with Crippen LogP contribution in [0.15, 0.2) is 30.9 Å². The van der Waals surface area contributed by atoms with E-state index in [-0.39, 0.29) is 29.6 Å². The van der Waals surface area contributed by atoms with Crippen molar-refractivity contribution < 1.29 is 19.1 Å². The Labute approximate surface area is 153 Å². The molecule has 1 saturated heterocycles. The van der Waals surface area contributed by atoms with Crippen molar-refractivity contribution in [1.82, 2.24) is 10.6 Å². The summed E-state index contributed by atoms with van der Waals surface area (Å²) in [6.07, 6.45) is 3.59. The van der Waals surface area contributed by atoms with Crippen LogP contribution in [0.1, 0.15) is 40.0 Å². The number of hydrogen-bond donors (Lipinski definition) is 3. The third-order valence-corrected chi connectivity index (χ3v) is 4.63. The average molecular weight is 359 g/mol. The minimum absolute atomic E-state index is 0.191. The summed E-state index contributed by atoms with van der Waals surface area (Å²) in [5, 5.41) is 7.83. The molecule has 1 heterocycles. The molecule has 140 valence electrons. The minimum Gasteiger partial charge on any atom is -0.381 e. The van der Waals surface area contributed by atoms with Crippen LogP contribution < -0.4 is 16.0 Å². The van der Waals surface area contributed by atoms with E-state index in [1.807, 2.05) is 6.08 Å². The van der Waals surface area contributed by atoms with Crippen molar-refractivity contribution in [2.45, 2.75) is 19.3 Å². The lowest BCUT2D eigenvalue weighted by Crippen LogP contribution is -2.32. The van der Waals surface area contributed by atoms with Crippen LogP contribution in [0.4, 0.5) is 5.69 Å². The van der Waals surface area contributed by atoms with Crippen LogP contribution in [0.2, 0.25) is 0 Å². The zero-order valence-electron chi connectivity index (χ0n) is 15.2. The Balaban J connectivity index is 2.21. The fourth-order valence-corrected chi connectivity index (χ4v) is 3.01. The molecule has 0 spiro atoms. The van der Waals surface area contributed by atoms with Crippen molar-refractivity contribution in [3.05, 3.63) is 42.0 Å². The first kappa shape index (κ1) is 19.7. The van der Waals surface area contributed by atoms with E-state index in [0.717, 1.165) is 12.8 Å². The molecule has 0 radical (unpaired) electrons.